The smallest absolute Gasteiger partial charge is 0.322 e. The first kappa shape index (κ1) is 13.6. The first-order valence-corrected chi connectivity index (χ1v) is 6.93. The molecule has 3 aromatic rings. The van der Waals surface area contributed by atoms with Gasteiger partial charge in [0.25, 0.3) is 5.91 Å². The number of furan rings is 1. The molecule has 0 atom stereocenters. The molecule has 21 heavy (non-hydrogen) atoms. The maximum atomic E-state index is 11.8. The molecule has 0 unspecified atom stereocenters. The number of anilines is 1. The van der Waals surface area contributed by atoms with Crippen LogP contribution < -0.4 is 5.32 Å². The van der Waals surface area contributed by atoms with Gasteiger partial charge in [-0.3, -0.25) is 10.1 Å². The fourth-order valence-electron chi connectivity index (χ4n) is 1.74. The fourth-order valence-corrected chi connectivity index (χ4v) is 2.05. The Kier molecular flexibility index (Phi) is 3.83. The van der Waals surface area contributed by atoms with Crippen LogP contribution in [0.1, 0.15) is 22.0 Å². The standard InChI is InChI=1S/C14H10BrN3O3/c15-11-7-6-10(20-11)13(19)16-14-18-17-12(21-14)8-9-4-2-1-3-5-9/h1-7H,8H2,(H,16,18,19). The predicted octanol–water partition coefficient (Wildman–Crippen LogP) is 3.27. The minimum Gasteiger partial charge on any atom is -0.444 e. The van der Waals surface area contributed by atoms with Crippen LogP contribution in [-0.4, -0.2) is 16.1 Å². The molecule has 6 nitrogen and oxygen atoms in total. The van der Waals surface area contributed by atoms with Gasteiger partial charge in [0, 0.05) is 0 Å². The summed E-state index contributed by atoms with van der Waals surface area (Å²) in [5.41, 5.74) is 1.05. The van der Waals surface area contributed by atoms with Crippen molar-refractivity contribution in [3.05, 3.63) is 64.3 Å². The van der Waals surface area contributed by atoms with Crippen molar-refractivity contribution in [2.45, 2.75) is 6.42 Å². The highest BCUT2D eigenvalue weighted by Gasteiger charge is 2.14. The van der Waals surface area contributed by atoms with Crippen LogP contribution in [0.3, 0.4) is 0 Å². The van der Waals surface area contributed by atoms with Crippen molar-refractivity contribution in [3.63, 3.8) is 0 Å². The number of nitrogens with zero attached hydrogens (tertiary/aromatic N) is 2. The molecule has 0 saturated carbocycles. The third-order valence-electron chi connectivity index (χ3n) is 2.68. The van der Waals surface area contributed by atoms with E-state index in [1.165, 1.54) is 0 Å². The lowest BCUT2D eigenvalue weighted by Crippen LogP contribution is -2.10. The van der Waals surface area contributed by atoms with Crippen molar-refractivity contribution in [3.8, 4) is 0 Å². The molecule has 0 spiro atoms. The number of amides is 1. The quantitative estimate of drug-likeness (QED) is 0.783. The normalized spacial score (nSPS) is 10.5. The third kappa shape index (κ3) is 3.38. The molecule has 2 aromatic heterocycles. The van der Waals surface area contributed by atoms with E-state index in [1.54, 1.807) is 12.1 Å². The average Bonchev–Trinajstić information content (AvgIpc) is 3.09. The highest BCUT2D eigenvalue weighted by Crippen LogP contribution is 2.16. The van der Waals surface area contributed by atoms with Gasteiger partial charge in [-0.2, -0.15) is 0 Å². The summed E-state index contributed by atoms with van der Waals surface area (Å²) in [5, 5.41) is 10.2. The van der Waals surface area contributed by atoms with E-state index in [-0.39, 0.29) is 11.8 Å². The molecule has 0 radical (unpaired) electrons. The molecule has 0 saturated heterocycles. The lowest BCUT2D eigenvalue weighted by molar-refractivity contribution is 0.0992. The lowest BCUT2D eigenvalue weighted by atomic mass is 10.2. The van der Waals surface area contributed by atoms with E-state index in [4.69, 9.17) is 8.83 Å². The van der Waals surface area contributed by atoms with Crippen LogP contribution in [0.25, 0.3) is 0 Å². The Labute approximate surface area is 128 Å². The molecule has 0 aliphatic rings. The van der Waals surface area contributed by atoms with E-state index in [0.29, 0.717) is 17.0 Å². The van der Waals surface area contributed by atoms with Gasteiger partial charge >= 0.3 is 6.01 Å². The first-order valence-electron chi connectivity index (χ1n) is 6.14. The maximum Gasteiger partial charge on any atom is 0.322 e. The summed E-state index contributed by atoms with van der Waals surface area (Å²) in [5.74, 6) is 0.137. The largest absolute Gasteiger partial charge is 0.444 e. The van der Waals surface area contributed by atoms with E-state index in [9.17, 15) is 4.79 Å². The predicted molar refractivity (Wildman–Crippen MR) is 77.9 cm³/mol. The SMILES string of the molecule is O=C(Nc1nnc(Cc2ccccc2)o1)c1ccc(Br)o1. The molecule has 0 aliphatic carbocycles. The lowest BCUT2D eigenvalue weighted by Gasteiger charge is -1.96. The number of nitrogens with one attached hydrogen (secondary N) is 1. The van der Waals surface area contributed by atoms with Crippen molar-refractivity contribution in [1.82, 2.24) is 10.2 Å². The highest BCUT2D eigenvalue weighted by molar-refractivity contribution is 9.10. The van der Waals surface area contributed by atoms with Crippen molar-refractivity contribution < 1.29 is 13.6 Å². The number of benzene rings is 1. The van der Waals surface area contributed by atoms with Crippen LogP contribution in [0, 0.1) is 0 Å². The Bertz CT molecular complexity index is 752. The van der Waals surface area contributed by atoms with Gasteiger partial charge in [-0.25, -0.2) is 0 Å². The average molecular weight is 348 g/mol. The molecule has 1 amide bonds. The molecule has 0 bridgehead atoms. The number of hydrogen-bond donors (Lipinski definition) is 1. The number of halogens is 1. The van der Waals surface area contributed by atoms with Gasteiger partial charge < -0.3 is 8.83 Å². The second-order valence-corrected chi connectivity index (χ2v) is 5.00. The Hall–Kier alpha value is -2.41. The van der Waals surface area contributed by atoms with Crippen molar-refractivity contribution in [2.24, 2.45) is 0 Å². The second kappa shape index (κ2) is 5.92. The van der Waals surface area contributed by atoms with E-state index in [0.717, 1.165) is 5.56 Å². The van der Waals surface area contributed by atoms with Crippen molar-refractivity contribution in [1.29, 1.82) is 0 Å². The van der Waals surface area contributed by atoms with Gasteiger partial charge in [-0.1, -0.05) is 35.4 Å². The molecule has 7 heteroatoms. The number of aromatic nitrogens is 2. The Balaban J connectivity index is 1.66. The number of carbonyl (C=O) groups is 1. The molecule has 0 aliphatic heterocycles. The van der Waals surface area contributed by atoms with Gasteiger partial charge in [-0.05, 0) is 33.6 Å². The molecule has 2 heterocycles. The fraction of sp³-hybridized carbons (Fsp3) is 0.0714. The van der Waals surface area contributed by atoms with E-state index >= 15 is 0 Å². The van der Waals surface area contributed by atoms with Gasteiger partial charge in [0.05, 0.1) is 6.42 Å². The van der Waals surface area contributed by atoms with Gasteiger partial charge in [0.2, 0.25) is 5.89 Å². The number of carbonyl (C=O) groups excluding carboxylic acids is 1. The molecule has 3 rings (SSSR count). The van der Waals surface area contributed by atoms with Gasteiger partial charge in [0.15, 0.2) is 10.4 Å². The minimum absolute atomic E-state index is 0.0402. The maximum absolute atomic E-state index is 11.8. The summed E-state index contributed by atoms with van der Waals surface area (Å²) in [6, 6.07) is 12.9. The van der Waals surface area contributed by atoms with Crippen LogP contribution in [0.4, 0.5) is 6.01 Å². The Morgan fingerprint density at radius 3 is 2.62 bits per heavy atom. The summed E-state index contributed by atoms with van der Waals surface area (Å²) in [6.07, 6.45) is 0.510. The van der Waals surface area contributed by atoms with E-state index < -0.39 is 5.91 Å². The van der Waals surface area contributed by atoms with Crippen molar-refractivity contribution in [2.75, 3.05) is 5.32 Å². The summed E-state index contributed by atoms with van der Waals surface area (Å²) in [7, 11) is 0. The minimum atomic E-state index is -0.449. The second-order valence-electron chi connectivity index (χ2n) is 4.22. The molecule has 1 aromatic carbocycles. The van der Waals surface area contributed by atoms with E-state index in [2.05, 4.69) is 31.4 Å². The zero-order chi connectivity index (χ0) is 14.7. The van der Waals surface area contributed by atoms with Crippen LogP contribution in [0.2, 0.25) is 0 Å². The monoisotopic (exact) mass is 347 g/mol. The zero-order valence-corrected chi connectivity index (χ0v) is 12.3. The Morgan fingerprint density at radius 1 is 1.10 bits per heavy atom. The molecule has 106 valence electrons. The Morgan fingerprint density at radius 2 is 1.90 bits per heavy atom. The van der Waals surface area contributed by atoms with Gasteiger partial charge in [0.1, 0.15) is 0 Å². The summed E-state index contributed by atoms with van der Waals surface area (Å²) in [6.45, 7) is 0. The molecular weight excluding hydrogens is 338 g/mol. The summed E-state index contributed by atoms with van der Waals surface area (Å²) in [4.78, 5) is 11.8. The van der Waals surface area contributed by atoms with Crippen LogP contribution in [-0.2, 0) is 6.42 Å². The van der Waals surface area contributed by atoms with Crippen LogP contribution in [0.5, 0.6) is 0 Å². The summed E-state index contributed by atoms with van der Waals surface area (Å²) >= 11 is 3.13. The summed E-state index contributed by atoms with van der Waals surface area (Å²) < 4.78 is 11.0. The topological polar surface area (TPSA) is 81.2 Å². The third-order valence-corrected chi connectivity index (χ3v) is 3.11. The molecular formula is C14H10BrN3O3. The number of rotatable bonds is 4. The van der Waals surface area contributed by atoms with Crippen LogP contribution in [0.15, 0.2) is 56.0 Å². The van der Waals surface area contributed by atoms with Crippen LogP contribution >= 0.6 is 15.9 Å². The number of hydrogen-bond acceptors (Lipinski definition) is 5. The highest BCUT2D eigenvalue weighted by atomic mass is 79.9. The van der Waals surface area contributed by atoms with Gasteiger partial charge in [-0.15, -0.1) is 5.10 Å². The van der Waals surface area contributed by atoms with E-state index in [1.807, 2.05) is 30.3 Å². The zero-order valence-electron chi connectivity index (χ0n) is 10.7. The first-order chi connectivity index (χ1) is 10.2. The molecule has 0 fully saturated rings. The van der Waals surface area contributed by atoms with Crippen molar-refractivity contribution >= 4 is 27.9 Å². The molecule has 1 N–H and O–H groups in total.